The third-order valence-electron chi connectivity index (χ3n) is 4.20. The zero-order valence-electron chi connectivity index (χ0n) is 11.1. The number of hydrogen-bond donors (Lipinski definition) is 2. The largest absolute Gasteiger partial charge is 0.507 e. The van der Waals surface area contributed by atoms with E-state index in [0.29, 0.717) is 5.75 Å². The van der Waals surface area contributed by atoms with Crippen LogP contribution in [0.1, 0.15) is 12.5 Å². The highest BCUT2D eigenvalue weighted by atomic mass is 16.3. The number of rotatable bonds is 1. The molecule has 0 unspecified atom stereocenters. The van der Waals surface area contributed by atoms with E-state index in [1.165, 1.54) is 5.56 Å². The topological polar surface area (TPSA) is 40.5 Å². The van der Waals surface area contributed by atoms with Gasteiger partial charge in [-0.1, -0.05) is 31.2 Å². The van der Waals surface area contributed by atoms with Gasteiger partial charge in [-0.25, -0.2) is 0 Å². The van der Waals surface area contributed by atoms with Crippen molar-refractivity contribution in [2.75, 3.05) is 0 Å². The number of phenolic OH excluding ortho intramolecular Hbond substituents is 2. The van der Waals surface area contributed by atoms with Gasteiger partial charge in [0.25, 0.3) is 0 Å². The Labute approximate surface area is 116 Å². The number of aromatic hydroxyl groups is 2. The second-order valence-electron chi connectivity index (χ2n) is 5.24. The molecule has 0 saturated heterocycles. The van der Waals surface area contributed by atoms with E-state index >= 15 is 0 Å². The predicted octanol–water partition coefficient (Wildman–Crippen LogP) is 4.56. The van der Waals surface area contributed by atoms with Crippen LogP contribution >= 0.6 is 0 Å². The molecule has 0 aliphatic heterocycles. The SMILES string of the molecule is CCc1cc2c(O)ccc3ccc4c(O)ccc1c4c32. The summed E-state index contributed by atoms with van der Waals surface area (Å²) in [5.74, 6) is 0.585. The summed E-state index contributed by atoms with van der Waals surface area (Å²) in [6.07, 6.45) is 0.893. The maximum Gasteiger partial charge on any atom is 0.123 e. The Morgan fingerprint density at radius 3 is 2.20 bits per heavy atom. The van der Waals surface area contributed by atoms with Crippen LogP contribution < -0.4 is 0 Å². The molecule has 0 spiro atoms. The minimum absolute atomic E-state index is 0.289. The molecule has 2 nitrogen and oxygen atoms in total. The monoisotopic (exact) mass is 262 g/mol. The molecule has 2 heteroatoms. The first-order valence-corrected chi connectivity index (χ1v) is 6.82. The summed E-state index contributed by atoms with van der Waals surface area (Å²) in [5.41, 5.74) is 1.19. The van der Waals surface area contributed by atoms with Crippen molar-refractivity contribution >= 4 is 32.3 Å². The van der Waals surface area contributed by atoms with Crippen LogP contribution in [0.2, 0.25) is 0 Å². The first kappa shape index (κ1) is 11.4. The lowest BCUT2D eigenvalue weighted by Crippen LogP contribution is -1.90. The van der Waals surface area contributed by atoms with Crippen LogP contribution in [0, 0.1) is 0 Å². The van der Waals surface area contributed by atoms with E-state index in [1.807, 2.05) is 24.3 Å². The Balaban J connectivity index is 2.44. The molecule has 2 N–H and O–H groups in total. The van der Waals surface area contributed by atoms with Gasteiger partial charge in [0.05, 0.1) is 0 Å². The Morgan fingerprint density at radius 1 is 0.750 bits per heavy atom. The third kappa shape index (κ3) is 1.28. The molecule has 0 aliphatic carbocycles. The number of hydrogen-bond acceptors (Lipinski definition) is 2. The van der Waals surface area contributed by atoms with Crippen LogP contribution in [0.5, 0.6) is 11.5 Å². The van der Waals surface area contributed by atoms with Gasteiger partial charge in [0.2, 0.25) is 0 Å². The third-order valence-corrected chi connectivity index (χ3v) is 4.20. The van der Waals surface area contributed by atoms with Gasteiger partial charge in [0.1, 0.15) is 11.5 Å². The van der Waals surface area contributed by atoms with Gasteiger partial charge in [0, 0.05) is 21.5 Å². The fourth-order valence-corrected chi connectivity index (χ4v) is 3.22. The summed E-state index contributed by atoms with van der Waals surface area (Å²) >= 11 is 0. The van der Waals surface area contributed by atoms with Gasteiger partial charge < -0.3 is 10.2 Å². The number of phenols is 2. The van der Waals surface area contributed by atoms with Crippen molar-refractivity contribution in [2.24, 2.45) is 0 Å². The minimum atomic E-state index is 0.289. The number of aryl methyl sites for hydroxylation is 1. The summed E-state index contributed by atoms with van der Waals surface area (Å²) in [5, 5.41) is 26.3. The Morgan fingerprint density at radius 2 is 1.40 bits per heavy atom. The number of benzene rings is 4. The van der Waals surface area contributed by atoms with Crippen LogP contribution in [0.15, 0.2) is 42.5 Å². The molecule has 0 radical (unpaired) electrons. The van der Waals surface area contributed by atoms with Crippen molar-refractivity contribution in [3.05, 3.63) is 48.0 Å². The summed E-state index contributed by atoms with van der Waals surface area (Å²) in [6, 6.07) is 13.4. The predicted molar refractivity (Wildman–Crippen MR) is 82.9 cm³/mol. The van der Waals surface area contributed by atoms with Crippen molar-refractivity contribution in [1.82, 2.24) is 0 Å². The fourth-order valence-electron chi connectivity index (χ4n) is 3.22. The van der Waals surface area contributed by atoms with E-state index in [4.69, 9.17) is 0 Å². The quantitative estimate of drug-likeness (QED) is 0.494. The van der Waals surface area contributed by atoms with E-state index in [2.05, 4.69) is 13.0 Å². The van der Waals surface area contributed by atoms with Crippen molar-refractivity contribution in [3.8, 4) is 11.5 Å². The molecular formula is C18H14O2. The zero-order chi connectivity index (χ0) is 13.9. The van der Waals surface area contributed by atoms with Crippen LogP contribution in [0.25, 0.3) is 32.3 Å². The fraction of sp³-hybridized carbons (Fsp3) is 0.111. The minimum Gasteiger partial charge on any atom is -0.507 e. The van der Waals surface area contributed by atoms with E-state index < -0.39 is 0 Å². The molecule has 4 aromatic carbocycles. The first-order chi connectivity index (χ1) is 9.70. The van der Waals surface area contributed by atoms with Gasteiger partial charge in [0.15, 0.2) is 0 Å². The lowest BCUT2D eigenvalue weighted by Gasteiger charge is -2.15. The zero-order valence-corrected chi connectivity index (χ0v) is 11.1. The lowest BCUT2D eigenvalue weighted by molar-refractivity contribution is 0.481. The van der Waals surface area contributed by atoms with Gasteiger partial charge in [-0.05, 0) is 41.0 Å². The molecule has 4 rings (SSSR count). The maximum absolute atomic E-state index is 10.2. The van der Waals surface area contributed by atoms with E-state index in [0.717, 1.165) is 38.7 Å². The van der Waals surface area contributed by atoms with Crippen molar-refractivity contribution in [2.45, 2.75) is 13.3 Å². The lowest BCUT2D eigenvalue weighted by atomic mass is 9.90. The molecule has 0 fully saturated rings. The highest BCUT2D eigenvalue weighted by Gasteiger charge is 2.14. The van der Waals surface area contributed by atoms with Gasteiger partial charge in [-0.3, -0.25) is 0 Å². The van der Waals surface area contributed by atoms with Gasteiger partial charge in [-0.2, -0.15) is 0 Å². The molecule has 0 heterocycles. The summed E-state index contributed by atoms with van der Waals surface area (Å²) < 4.78 is 0. The highest BCUT2D eigenvalue weighted by Crippen LogP contribution is 2.42. The molecule has 4 aromatic rings. The first-order valence-electron chi connectivity index (χ1n) is 6.82. The molecule has 0 saturated carbocycles. The Kier molecular flexibility index (Phi) is 2.14. The van der Waals surface area contributed by atoms with E-state index in [9.17, 15) is 10.2 Å². The Bertz CT molecular complexity index is 954. The Hall–Kier alpha value is -2.48. The smallest absolute Gasteiger partial charge is 0.123 e. The molecule has 0 aliphatic rings. The molecular weight excluding hydrogens is 248 g/mol. The molecule has 98 valence electrons. The van der Waals surface area contributed by atoms with Crippen molar-refractivity contribution in [3.63, 3.8) is 0 Å². The summed E-state index contributed by atoms with van der Waals surface area (Å²) in [7, 11) is 0. The molecule has 20 heavy (non-hydrogen) atoms. The maximum atomic E-state index is 10.2. The van der Waals surface area contributed by atoms with Gasteiger partial charge in [-0.15, -0.1) is 0 Å². The molecule has 0 atom stereocenters. The second kappa shape index (κ2) is 3.76. The molecule has 0 bridgehead atoms. The average Bonchev–Trinajstić information content (AvgIpc) is 2.48. The van der Waals surface area contributed by atoms with Crippen LogP contribution in [-0.2, 0) is 6.42 Å². The summed E-state index contributed by atoms with van der Waals surface area (Å²) in [6.45, 7) is 2.11. The van der Waals surface area contributed by atoms with E-state index in [-0.39, 0.29) is 5.75 Å². The van der Waals surface area contributed by atoms with E-state index in [1.54, 1.807) is 12.1 Å². The second-order valence-corrected chi connectivity index (χ2v) is 5.24. The molecule has 0 amide bonds. The van der Waals surface area contributed by atoms with Crippen LogP contribution in [-0.4, -0.2) is 10.2 Å². The average molecular weight is 262 g/mol. The normalized spacial score (nSPS) is 11.8. The molecule has 0 aromatic heterocycles. The van der Waals surface area contributed by atoms with Crippen LogP contribution in [0.4, 0.5) is 0 Å². The highest BCUT2D eigenvalue weighted by molar-refractivity contribution is 6.25. The van der Waals surface area contributed by atoms with Crippen LogP contribution in [0.3, 0.4) is 0 Å². The standard InChI is InChI=1S/C18H14O2/c1-2-10-9-14-16(20)7-4-11-3-5-13-15(19)8-6-12(10)18(13)17(11)14/h3-9,19-20H,2H2,1H3. The van der Waals surface area contributed by atoms with Gasteiger partial charge >= 0.3 is 0 Å². The van der Waals surface area contributed by atoms with Crippen molar-refractivity contribution < 1.29 is 10.2 Å². The van der Waals surface area contributed by atoms with Crippen molar-refractivity contribution in [1.29, 1.82) is 0 Å². The summed E-state index contributed by atoms with van der Waals surface area (Å²) in [4.78, 5) is 0.